The molecule has 0 saturated heterocycles. The van der Waals surface area contributed by atoms with Gasteiger partial charge in [-0.1, -0.05) is 35.3 Å². The van der Waals surface area contributed by atoms with Gasteiger partial charge in [0.25, 0.3) is 17.7 Å². The molecule has 0 aromatic heterocycles. The first-order valence-corrected chi connectivity index (χ1v) is 9.14. The first-order chi connectivity index (χ1) is 12.9. The van der Waals surface area contributed by atoms with Gasteiger partial charge in [-0.2, -0.15) is 0 Å². The minimum Gasteiger partial charge on any atom is -0.328 e. The van der Waals surface area contributed by atoms with Crippen LogP contribution in [0.2, 0.25) is 10.0 Å². The number of carbonyl (C=O) groups is 3. The molecule has 6 nitrogen and oxygen atoms in total. The van der Waals surface area contributed by atoms with E-state index < -0.39 is 0 Å². The lowest BCUT2D eigenvalue weighted by molar-refractivity contribution is -0.870. The average molecular weight is 407 g/mol. The third kappa shape index (κ3) is 4.30. The molecular weight excluding hydrogens is 389 g/mol. The molecule has 140 valence electrons. The Morgan fingerprint density at radius 2 is 1.67 bits per heavy atom. The van der Waals surface area contributed by atoms with E-state index in [0.717, 1.165) is 4.90 Å². The molecule has 2 aromatic carbocycles. The van der Waals surface area contributed by atoms with Gasteiger partial charge in [-0.3, -0.25) is 19.3 Å². The molecule has 0 bridgehead atoms. The van der Waals surface area contributed by atoms with Crippen LogP contribution in [0.25, 0.3) is 0 Å². The number of fused-ring (bicyclic) bond motifs is 1. The number of rotatable bonds is 6. The van der Waals surface area contributed by atoms with Crippen molar-refractivity contribution in [3.8, 4) is 0 Å². The molecule has 0 aliphatic carbocycles. The van der Waals surface area contributed by atoms with E-state index in [4.69, 9.17) is 23.2 Å². The summed E-state index contributed by atoms with van der Waals surface area (Å²) >= 11 is 11.8. The monoisotopic (exact) mass is 406 g/mol. The van der Waals surface area contributed by atoms with Crippen molar-refractivity contribution in [3.63, 3.8) is 0 Å². The molecule has 27 heavy (non-hydrogen) atoms. The number of quaternary nitrogens is 1. The summed E-state index contributed by atoms with van der Waals surface area (Å²) in [7, 11) is 1.83. The molecule has 1 aliphatic rings. The third-order valence-corrected chi connectivity index (χ3v) is 5.05. The quantitative estimate of drug-likeness (QED) is 0.717. The fourth-order valence-corrected chi connectivity index (χ4v) is 3.18. The number of amides is 3. The number of benzene rings is 2. The number of imide groups is 1. The van der Waals surface area contributed by atoms with Gasteiger partial charge in [0.1, 0.15) is 0 Å². The van der Waals surface area contributed by atoms with E-state index in [1.165, 1.54) is 4.90 Å². The van der Waals surface area contributed by atoms with E-state index >= 15 is 0 Å². The van der Waals surface area contributed by atoms with Crippen molar-refractivity contribution in [1.82, 2.24) is 4.90 Å². The fraction of sp³-hybridized carbons (Fsp3) is 0.211. The number of nitrogens with zero attached hydrogens (tertiary/aromatic N) is 1. The summed E-state index contributed by atoms with van der Waals surface area (Å²) in [5.74, 6) is -0.777. The van der Waals surface area contributed by atoms with Crippen molar-refractivity contribution in [2.75, 3.05) is 32.0 Å². The molecule has 3 rings (SSSR count). The van der Waals surface area contributed by atoms with Crippen molar-refractivity contribution in [2.45, 2.75) is 0 Å². The highest BCUT2D eigenvalue weighted by Crippen LogP contribution is 2.25. The van der Waals surface area contributed by atoms with Gasteiger partial charge in [0.05, 0.1) is 41.3 Å². The number of likely N-dealkylation sites (N-methyl/N-ethyl adjacent to an activating group) is 1. The molecule has 1 aliphatic heterocycles. The normalized spacial score (nSPS) is 14.3. The van der Waals surface area contributed by atoms with E-state index in [1.54, 1.807) is 42.5 Å². The minimum atomic E-state index is -0.288. The zero-order valence-corrected chi connectivity index (χ0v) is 16.1. The fourth-order valence-electron chi connectivity index (χ4n) is 2.89. The Hall–Kier alpha value is -2.41. The second-order valence-electron chi connectivity index (χ2n) is 6.37. The zero-order chi connectivity index (χ0) is 19.6. The van der Waals surface area contributed by atoms with Crippen molar-refractivity contribution >= 4 is 46.6 Å². The van der Waals surface area contributed by atoms with Gasteiger partial charge in [-0.15, -0.1) is 0 Å². The summed E-state index contributed by atoms with van der Waals surface area (Å²) in [5, 5.41) is 3.53. The summed E-state index contributed by atoms with van der Waals surface area (Å²) in [6, 6.07) is 11.6. The second-order valence-corrected chi connectivity index (χ2v) is 7.18. The van der Waals surface area contributed by atoms with E-state index in [9.17, 15) is 14.4 Å². The van der Waals surface area contributed by atoms with E-state index in [0.29, 0.717) is 33.4 Å². The van der Waals surface area contributed by atoms with Gasteiger partial charge in [0, 0.05) is 5.69 Å². The predicted octanol–water partition coefficient (Wildman–Crippen LogP) is 1.74. The van der Waals surface area contributed by atoms with Crippen LogP contribution in [0, 0.1) is 0 Å². The lowest BCUT2D eigenvalue weighted by Crippen LogP contribution is -3.10. The zero-order valence-electron chi connectivity index (χ0n) is 14.6. The average Bonchev–Trinajstić information content (AvgIpc) is 2.87. The molecule has 0 saturated carbocycles. The van der Waals surface area contributed by atoms with Gasteiger partial charge in [0.2, 0.25) is 0 Å². The minimum absolute atomic E-state index is 0.184. The van der Waals surface area contributed by atoms with Crippen molar-refractivity contribution in [1.29, 1.82) is 0 Å². The van der Waals surface area contributed by atoms with E-state index in [2.05, 4.69) is 5.32 Å². The number of anilines is 1. The maximum absolute atomic E-state index is 12.3. The Kier molecular flexibility index (Phi) is 5.79. The molecule has 0 spiro atoms. The van der Waals surface area contributed by atoms with Crippen LogP contribution in [-0.2, 0) is 4.79 Å². The topological polar surface area (TPSA) is 70.9 Å². The molecule has 1 unspecified atom stereocenters. The Morgan fingerprint density at radius 1 is 1.04 bits per heavy atom. The lowest BCUT2D eigenvalue weighted by Gasteiger charge is -2.18. The second kappa shape index (κ2) is 8.08. The van der Waals surface area contributed by atoms with Crippen LogP contribution in [-0.4, -0.2) is 49.3 Å². The maximum Gasteiger partial charge on any atom is 0.279 e. The van der Waals surface area contributed by atoms with Crippen molar-refractivity contribution in [2.24, 2.45) is 0 Å². The van der Waals surface area contributed by atoms with Crippen LogP contribution in [0.1, 0.15) is 20.7 Å². The summed E-state index contributed by atoms with van der Waals surface area (Å²) in [6.45, 7) is 0.891. The van der Waals surface area contributed by atoms with E-state index in [-0.39, 0.29) is 30.8 Å². The Balaban J connectivity index is 1.52. The summed E-state index contributed by atoms with van der Waals surface area (Å²) in [5.41, 5.74) is 1.41. The molecular formula is C19H18Cl2N3O3+. The standard InChI is InChI=1S/C19H17Cl2N3O3/c1-23(11-17(25)22-12-6-7-15(20)16(21)10-12)8-9-24-18(26)13-4-2-3-5-14(13)19(24)27/h2-7,10H,8-9,11H2,1H3,(H,22,25)/p+1. The van der Waals surface area contributed by atoms with Crippen LogP contribution in [0.3, 0.4) is 0 Å². The predicted molar refractivity (Wildman–Crippen MR) is 104 cm³/mol. The van der Waals surface area contributed by atoms with Gasteiger partial charge in [-0.25, -0.2) is 0 Å². The first-order valence-electron chi connectivity index (χ1n) is 8.38. The molecule has 2 N–H and O–H groups in total. The largest absolute Gasteiger partial charge is 0.328 e. The van der Waals surface area contributed by atoms with E-state index in [1.807, 2.05) is 7.05 Å². The number of carbonyl (C=O) groups excluding carboxylic acids is 3. The van der Waals surface area contributed by atoms with Crippen LogP contribution in [0.15, 0.2) is 42.5 Å². The number of nitrogens with one attached hydrogen (secondary N) is 2. The summed E-state index contributed by atoms with van der Waals surface area (Å²) in [4.78, 5) is 38.9. The molecule has 0 radical (unpaired) electrons. The van der Waals surface area contributed by atoms with Gasteiger partial charge in [-0.05, 0) is 30.3 Å². The Bertz CT molecular complexity index is 882. The molecule has 1 heterocycles. The maximum atomic E-state index is 12.3. The Morgan fingerprint density at radius 3 is 2.26 bits per heavy atom. The highest BCUT2D eigenvalue weighted by atomic mass is 35.5. The van der Waals surface area contributed by atoms with Crippen molar-refractivity contribution in [3.05, 3.63) is 63.6 Å². The van der Waals surface area contributed by atoms with Crippen LogP contribution >= 0.6 is 23.2 Å². The molecule has 1 atom stereocenters. The molecule has 3 amide bonds. The van der Waals surface area contributed by atoms with Crippen LogP contribution in [0.4, 0.5) is 5.69 Å². The van der Waals surface area contributed by atoms with Gasteiger partial charge < -0.3 is 10.2 Å². The first kappa shape index (κ1) is 19.4. The van der Waals surface area contributed by atoms with Gasteiger partial charge >= 0.3 is 0 Å². The number of hydrogen-bond acceptors (Lipinski definition) is 3. The highest BCUT2D eigenvalue weighted by molar-refractivity contribution is 6.42. The van der Waals surface area contributed by atoms with Gasteiger partial charge in [0.15, 0.2) is 6.54 Å². The lowest BCUT2D eigenvalue weighted by atomic mass is 10.1. The van der Waals surface area contributed by atoms with Crippen LogP contribution in [0.5, 0.6) is 0 Å². The Labute approximate surface area is 166 Å². The molecule has 0 fully saturated rings. The molecule has 8 heteroatoms. The number of hydrogen-bond donors (Lipinski definition) is 2. The molecule has 2 aromatic rings. The van der Waals surface area contributed by atoms with Crippen LogP contribution < -0.4 is 10.2 Å². The summed E-state index contributed by atoms with van der Waals surface area (Å²) in [6.07, 6.45) is 0. The van der Waals surface area contributed by atoms with Crippen molar-refractivity contribution < 1.29 is 19.3 Å². The SMILES string of the molecule is C[NH+](CCN1C(=O)c2ccccc2C1=O)CC(=O)Nc1ccc(Cl)c(Cl)c1. The third-order valence-electron chi connectivity index (χ3n) is 4.31. The smallest absolute Gasteiger partial charge is 0.279 e. The highest BCUT2D eigenvalue weighted by Gasteiger charge is 2.35. The summed E-state index contributed by atoms with van der Waals surface area (Å²) < 4.78 is 0. The number of halogens is 2.